The summed E-state index contributed by atoms with van der Waals surface area (Å²) >= 11 is 1.32. The molecule has 4 bridgehead atoms. The van der Waals surface area contributed by atoms with Gasteiger partial charge in [0.25, 0.3) is 10.0 Å². The second kappa shape index (κ2) is 12.6. The molecule has 0 spiro atoms. The zero-order chi connectivity index (χ0) is 28.9. The maximum atomic E-state index is 13.4. The molecule has 2 aromatic heterocycles. The summed E-state index contributed by atoms with van der Waals surface area (Å²) in [6.07, 6.45) is 6.13. The van der Waals surface area contributed by atoms with Crippen LogP contribution >= 0.6 is 11.3 Å². The highest BCUT2D eigenvalue weighted by Gasteiger charge is 2.23. The van der Waals surface area contributed by atoms with Crippen molar-refractivity contribution < 1.29 is 13.2 Å². The number of ether oxygens (including phenoxy) is 1. The summed E-state index contributed by atoms with van der Waals surface area (Å²) in [4.78, 5) is 10.1. The van der Waals surface area contributed by atoms with Crippen molar-refractivity contribution in [2.45, 2.75) is 64.3 Å². The van der Waals surface area contributed by atoms with Gasteiger partial charge in [0.1, 0.15) is 11.6 Å². The minimum absolute atomic E-state index is 0.0419. The molecule has 3 heterocycles. The lowest BCUT2D eigenvalue weighted by molar-refractivity contribution is 0.243. The van der Waals surface area contributed by atoms with Crippen LogP contribution in [0.1, 0.15) is 58.4 Å². The van der Waals surface area contributed by atoms with Gasteiger partial charge >= 0.3 is 0 Å². The Hall–Kier alpha value is -3.43. The summed E-state index contributed by atoms with van der Waals surface area (Å²) in [7, 11) is -3.95. The lowest BCUT2D eigenvalue weighted by atomic mass is 9.93. The van der Waals surface area contributed by atoms with Gasteiger partial charge in [0.15, 0.2) is 10.2 Å². The van der Waals surface area contributed by atoms with Crippen LogP contribution in [-0.4, -0.2) is 31.5 Å². The average Bonchev–Trinajstić information content (AvgIpc) is 3.35. The number of nitrogens with one attached hydrogen (secondary N) is 2. The summed E-state index contributed by atoms with van der Waals surface area (Å²) in [6.45, 7) is 7.97. The molecule has 0 saturated carbocycles. The molecule has 0 saturated heterocycles. The molecule has 41 heavy (non-hydrogen) atoms. The van der Waals surface area contributed by atoms with Gasteiger partial charge in [-0.3, -0.25) is 4.72 Å². The summed E-state index contributed by atoms with van der Waals surface area (Å²) in [5.74, 6) is 1.33. The molecule has 0 amide bonds. The molecule has 2 N–H and O–H groups in total. The number of fused-ring (bicyclic) bond motifs is 6. The van der Waals surface area contributed by atoms with E-state index >= 15 is 0 Å². The fraction of sp³-hybridized carbons (Fsp3) is 0.375. The Bertz CT molecular complexity index is 1590. The molecule has 0 fully saturated rings. The van der Waals surface area contributed by atoms with Gasteiger partial charge in [-0.1, -0.05) is 87.4 Å². The third-order valence-electron chi connectivity index (χ3n) is 7.02. The van der Waals surface area contributed by atoms with Gasteiger partial charge in [0, 0.05) is 12.1 Å². The molecule has 2 aromatic carbocycles. The molecule has 1 aliphatic heterocycles. The van der Waals surface area contributed by atoms with Gasteiger partial charge in [-0.2, -0.15) is 8.42 Å². The standard InChI is InChI=1S/C32H38N4O3S2/c1-32(2,3)19-21-39-25-15-10-14-24(22-25)30-29-26-16-8-7-13-23(26)12-6-4-5-9-20-33-27-17-11-18-28(34-27)41(37,38)36-31(35-29)40-30/h7-8,10-11,13-18,22H,4-6,9,12,19-21H2,1-3H3,(H,33,34)(H,35,36). The Balaban J connectivity index is 1.56. The molecular weight excluding hydrogens is 553 g/mol. The lowest BCUT2D eigenvalue weighted by Crippen LogP contribution is -2.15. The SMILES string of the molecule is CC(C)(C)CCOc1cccc(-c2sc3nc2-c2ccccc2CCCCCCNc2cccc(n2)S(=O)(=O)N3)c1. The predicted molar refractivity (Wildman–Crippen MR) is 168 cm³/mol. The van der Waals surface area contributed by atoms with Crippen molar-refractivity contribution >= 4 is 32.3 Å². The zero-order valence-electron chi connectivity index (χ0n) is 23.9. The number of hydrogen-bond donors (Lipinski definition) is 2. The monoisotopic (exact) mass is 590 g/mol. The Labute approximate surface area is 247 Å². The van der Waals surface area contributed by atoms with E-state index in [9.17, 15) is 8.42 Å². The van der Waals surface area contributed by atoms with Crippen LogP contribution in [0.3, 0.4) is 0 Å². The summed E-state index contributed by atoms with van der Waals surface area (Å²) in [5, 5.41) is 3.52. The van der Waals surface area contributed by atoms with Gasteiger partial charge < -0.3 is 10.1 Å². The number of pyridine rings is 1. The van der Waals surface area contributed by atoms with Crippen molar-refractivity contribution in [3.05, 3.63) is 72.3 Å². The smallest absolute Gasteiger partial charge is 0.281 e. The number of aromatic nitrogens is 2. The van der Waals surface area contributed by atoms with E-state index in [1.165, 1.54) is 23.0 Å². The molecular formula is C32H38N4O3S2. The Morgan fingerprint density at radius 1 is 0.927 bits per heavy atom. The van der Waals surface area contributed by atoms with Crippen LogP contribution in [0.25, 0.3) is 21.7 Å². The maximum Gasteiger partial charge on any atom is 0.281 e. The van der Waals surface area contributed by atoms with Crippen LogP contribution in [0.15, 0.2) is 71.8 Å². The minimum Gasteiger partial charge on any atom is -0.494 e. The van der Waals surface area contributed by atoms with Gasteiger partial charge in [0.05, 0.1) is 17.2 Å². The third kappa shape index (κ3) is 7.65. The van der Waals surface area contributed by atoms with Crippen LogP contribution < -0.4 is 14.8 Å². The first-order valence-electron chi connectivity index (χ1n) is 14.2. The van der Waals surface area contributed by atoms with Crippen molar-refractivity contribution in [3.8, 4) is 27.4 Å². The molecule has 9 heteroatoms. The van der Waals surface area contributed by atoms with Crippen LogP contribution in [0.5, 0.6) is 5.75 Å². The Morgan fingerprint density at radius 3 is 2.59 bits per heavy atom. The van der Waals surface area contributed by atoms with Crippen LogP contribution in [0, 0.1) is 5.41 Å². The first kappa shape index (κ1) is 29.1. The van der Waals surface area contributed by atoms with E-state index in [1.807, 2.05) is 30.3 Å². The normalized spacial score (nSPS) is 15.6. The van der Waals surface area contributed by atoms with E-state index in [0.717, 1.165) is 72.5 Å². The predicted octanol–water partition coefficient (Wildman–Crippen LogP) is 8.02. The minimum atomic E-state index is -3.95. The van der Waals surface area contributed by atoms with Gasteiger partial charge in [-0.15, -0.1) is 0 Å². The molecule has 1 aliphatic rings. The molecule has 7 nitrogen and oxygen atoms in total. The van der Waals surface area contributed by atoms with E-state index in [1.54, 1.807) is 12.1 Å². The summed E-state index contributed by atoms with van der Waals surface area (Å²) < 4.78 is 35.6. The van der Waals surface area contributed by atoms with Crippen LogP contribution in [-0.2, 0) is 16.4 Å². The number of thiazole rings is 1. The molecule has 0 aliphatic carbocycles. The highest BCUT2D eigenvalue weighted by atomic mass is 32.2. The van der Waals surface area contributed by atoms with Crippen molar-refractivity contribution in [2.24, 2.45) is 5.41 Å². The first-order valence-corrected chi connectivity index (χ1v) is 16.5. The second-order valence-electron chi connectivity index (χ2n) is 11.6. The van der Waals surface area contributed by atoms with Crippen molar-refractivity contribution in [1.29, 1.82) is 0 Å². The molecule has 216 valence electrons. The summed E-state index contributed by atoms with van der Waals surface area (Å²) in [5.41, 5.74) is 4.12. The van der Waals surface area contributed by atoms with E-state index < -0.39 is 10.0 Å². The number of nitrogens with zero attached hydrogens (tertiary/aromatic N) is 2. The number of rotatable bonds is 4. The topological polar surface area (TPSA) is 93.2 Å². The van der Waals surface area contributed by atoms with Crippen molar-refractivity contribution in [3.63, 3.8) is 0 Å². The number of aryl methyl sites for hydroxylation is 1. The fourth-order valence-electron chi connectivity index (χ4n) is 4.75. The van der Waals surface area contributed by atoms with Gasteiger partial charge in [0.2, 0.25) is 0 Å². The van der Waals surface area contributed by atoms with E-state index in [2.05, 4.69) is 54.0 Å². The number of anilines is 2. The van der Waals surface area contributed by atoms with E-state index in [0.29, 0.717) is 17.6 Å². The largest absolute Gasteiger partial charge is 0.494 e. The number of sulfonamides is 1. The highest BCUT2D eigenvalue weighted by Crippen LogP contribution is 2.42. The molecule has 0 unspecified atom stereocenters. The van der Waals surface area contributed by atoms with Crippen LogP contribution in [0.4, 0.5) is 10.9 Å². The van der Waals surface area contributed by atoms with Gasteiger partial charge in [-0.25, -0.2) is 9.97 Å². The van der Waals surface area contributed by atoms with E-state index in [4.69, 9.17) is 9.72 Å². The van der Waals surface area contributed by atoms with Gasteiger partial charge in [-0.05, 0) is 66.5 Å². The van der Waals surface area contributed by atoms with E-state index in [-0.39, 0.29) is 10.4 Å². The summed E-state index contributed by atoms with van der Waals surface area (Å²) in [6, 6.07) is 21.3. The quantitative estimate of drug-likeness (QED) is 0.250. The molecule has 4 aromatic rings. The number of hydrogen-bond acceptors (Lipinski definition) is 7. The molecule has 0 atom stereocenters. The highest BCUT2D eigenvalue weighted by molar-refractivity contribution is 7.92. The number of benzene rings is 2. The fourth-order valence-corrected chi connectivity index (χ4v) is 6.93. The Kier molecular flexibility index (Phi) is 8.94. The zero-order valence-corrected chi connectivity index (χ0v) is 25.6. The van der Waals surface area contributed by atoms with Crippen LogP contribution in [0.2, 0.25) is 0 Å². The van der Waals surface area contributed by atoms with Crippen molar-refractivity contribution in [1.82, 2.24) is 9.97 Å². The molecule has 0 radical (unpaired) electrons. The Morgan fingerprint density at radius 2 is 1.73 bits per heavy atom. The lowest BCUT2D eigenvalue weighted by Gasteiger charge is -2.18. The first-order chi connectivity index (χ1) is 19.7. The maximum absolute atomic E-state index is 13.4. The van der Waals surface area contributed by atoms with Crippen molar-refractivity contribution in [2.75, 3.05) is 23.2 Å². The second-order valence-corrected chi connectivity index (χ2v) is 14.2. The third-order valence-corrected chi connectivity index (χ3v) is 9.41. The average molecular weight is 591 g/mol. The molecule has 5 rings (SSSR count).